The number of nitrogens with one attached hydrogen (secondary N) is 1. The van der Waals surface area contributed by atoms with E-state index in [1.54, 1.807) is 17.0 Å². The highest BCUT2D eigenvalue weighted by Crippen LogP contribution is 2.08. The molecule has 0 fully saturated rings. The first-order chi connectivity index (χ1) is 10.5. The highest BCUT2D eigenvalue weighted by Gasteiger charge is 2.14. The van der Waals surface area contributed by atoms with Crippen LogP contribution in [0.4, 0.5) is 4.39 Å². The molecule has 5 heteroatoms. The van der Waals surface area contributed by atoms with Crippen LogP contribution in [0.15, 0.2) is 24.3 Å². The van der Waals surface area contributed by atoms with Crippen LogP contribution >= 0.6 is 0 Å². The molecule has 0 aliphatic heterocycles. The summed E-state index contributed by atoms with van der Waals surface area (Å²) in [5.74, 6) is -0.296. The number of halogens is 1. The number of carbonyl (C=O) groups is 2. The van der Waals surface area contributed by atoms with Crippen molar-refractivity contribution in [3.63, 3.8) is 0 Å². The zero-order valence-corrected chi connectivity index (χ0v) is 13.6. The molecule has 0 bridgehead atoms. The molecule has 1 rings (SSSR count). The molecule has 0 saturated carbocycles. The van der Waals surface area contributed by atoms with Gasteiger partial charge in [0.05, 0.1) is 0 Å². The molecule has 1 aromatic rings. The van der Waals surface area contributed by atoms with Crippen molar-refractivity contribution >= 4 is 11.8 Å². The van der Waals surface area contributed by atoms with Gasteiger partial charge in [0, 0.05) is 32.5 Å². The second-order valence-corrected chi connectivity index (χ2v) is 5.37. The van der Waals surface area contributed by atoms with Crippen LogP contribution in [-0.2, 0) is 16.1 Å². The first kappa shape index (κ1) is 18.1. The Hall–Kier alpha value is -1.91. The van der Waals surface area contributed by atoms with Gasteiger partial charge in [-0.15, -0.1) is 0 Å². The average molecular weight is 308 g/mol. The summed E-state index contributed by atoms with van der Waals surface area (Å²) in [7, 11) is 0. The SMILES string of the molecule is CCC(CC)C(=O)NCCN(Cc1ccc(F)cc1)C(C)=O. The van der Waals surface area contributed by atoms with E-state index in [1.165, 1.54) is 19.1 Å². The van der Waals surface area contributed by atoms with Crippen molar-refractivity contribution < 1.29 is 14.0 Å². The van der Waals surface area contributed by atoms with Crippen LogP contribution in [0.5, 0.6) is 0 Å². The lowest BCUT2D eigenvalue weighted by Gasteiger charge is -2.22. The zero-order valence-electron chi connectivity index (χ0n) is 13.6. The number of carbonyl (C=O) groups excluding carboxylic acids is 2. The zero-order chi connectivity index (χ0) is 16.5. The maximum absolute atomic E-state index is 12.9. The monoisotopic (exact) mass is 308 g/mol. The predicted octanol–water partition coefficient (Wildman–Crippen LogP) is 2.73. The van der Waals surface area contributed by atoms with Crippen molar-refractivity contribution in [3.05, 3.63) is 35.6 Å². The van der Waals surface area contributed by atoms with Crippen molar-refractivity contribution in [2.75, 3.05) is 13.1 Å². The summed E-state index contributed by atoms with van der Waals surface area (Å²) in [6, 6.07) is 6.08. The lowest BCUT2D eigenvalue weighted by molar-refractivity contribution is -0.130. The summed E-state index contributed by atoms with van der Waals surface area (Å²) in [4.78, 5) is 25.2. The topological polar surface area (TPSA) is 49.4 Å². The van der Waals surface area contributed by atoms with Gasteiger partial charge in [-0.2, -0.15) is 0 Å². The van der Waals surface area contributed by atoms with Gasteiger partial charge in [0.1, 0.15) is 5.82 Å². The molecule has 1 aromatic carbocycles. The predicted molar refractivity (Wildman–Crippen MR) is 84.6 cm³/mol. The molecule has 0 aliphatic carbocycles. The fraction of sp³-hybridized carbons (Fsp3) is 0.529. The molecule has 22 heavy (non-hydrogen) atoms. The summed E-state index contributed by atoms with van der Waals surface area (Å²) in [6.45, 7) is 6.76. The fourth-order valence-electron chi connectivity index (χ4n) is 2.28. The summed E-state index contributed by atoms with van der Waals surface area (Å²) in [5.41, 5.74) is 0.864. The first-order valence-corrected chi connectivity index (χ1v) is 7.75. The number of benzene rings is 1. The molecule has 0 aromatic heterocycles. The second kappa shape index (κ2) is 9.18. The molecule has 0 saturated heterocycles. The molecule has 0 spiro atoms. The van der Waals surface area contributed by atoms with Crippen molar-refractivity contribution in [3.8, 4) is 0 Å². The normalized spacial score (nSPS) is 10.6. The minimum absolute atomic E-state index is 0.0304. The van der Waals surface area contributed by atoms with Crippen LogP contribution in [0.1, 0.15) is 39.2 Å². The molecule has 1 N–H and O–H groups in total. The maximum atomic E-state index is 12.9. The molecule has 0 heterocycles. The van der Waals surface area contributed by atoms with Gasteiger partial charge in [0.25, 0.3) is 0 Å². The number of hydrogen-bond donors (Lipinski definition) is 1. The van der Waals surface area contributed by atoms with Crippen molar-refractivity contribution in [1.29, 1.82) is 0 Å². The van der Waals surface area contributed by atoms with Crippen molar-refractivity contribution in [2.45, 2.75) is 40.2 Å². The van der Waals surface area contributed by atoms with Crippen LogP contribution in [0.2, 0.25) is 0 Å². The van der Waals surface area contributed by atoms with E-state index in [4.69, 9.17) is 0 Å². The number of rotatable bonds is 8. The number of nitrogens with zero attached hydrogens (tertiary/aromatic N) is 1. The highest BCUT2D eigenvalue weighted by molar-refractivity contribution is 5.78. The van der Waals surface area contributed by atoms with Crippen LogP contribution in [0.25, 0.3) is 0 Å². The third kappa shape index (κ3) is 5.84. The first-order valence-electron chi connectivity index (χ1n) is 7.75. The van der Waals surface area contributed by atoms with E-state index in [1.807, 2.05) is 13.8 Å². The van der Waals surface area contributed by atoms with E-state index in [0.717, 1.165) is 18.4 Å². The Labute approximate surface area is 131 Å². The van der Waals surface area contributed by atoms with Gasteiger partial charge >= 0.3 is 0 Å². The molecule has 4 nitrogen and oxygen atoms in total. The number of amides is 2. The molecular weight excluding hydrogens is 283 g/mol. The standard InChI is InChI=1S/C17H25FN2O2/c1-4-15(5-2)17(22)19-10-11-20(13(3)21)12-14-6-8-16(18)9-7-14/h6-9,15H,4-5,10-12H2,1-3H3,(H,19,22). The van der Waals surface area contributed by atoms with Crippen molar-refractivity contribution in [2.24, 2.45) is 5.92 Å². The molecule has 0 radical (unpaired) electrons. The summed E-state index contributed by atoms with van der Waals surface area (Å²) < 4.78 is 12.9. The van der Waals surface area contributed by atoms with Gasteiger partial charge in [0.2, 0.25) is 11.8 Å². The van der Waals surface area contributed by atoms with E-state index in [0.29, 0.717) is 19.6 Å². The molecule has 0 atom stereocenters. The third-order valence-electron chi connectivity index (χ3n) is 3.77. The minimum Gasteiger partial charge on any atom is -0.354 e. The fourth-order valence-corrected chi connectivity index (χ4v) is 2.28. The Balaban J connectivity index is 2.50. The number of hydrogen-bond acceptors (Lipinski definition) is 2. The summed E-state index contributed by atoms with van der Waals surface area (Å²) >= 11 is 0. The molecular formula is C17H25FN2O2. The Morgan fingerprint density at radius 1 is 1.18 bits per heavy atom. The molecule has 0 aliphatic rings. The van der Waals surface area contributed by atoms with Gasteiger partial charge in [-0.3, -0.25) is 9.59 Å². The van der Waals surface area contributed by atoms with Crippen molar-refractivity contribution in [1.82, 2.24) is 10.2 Å². The van der Waals surface area contributed by atoms with Gasteiger partial charge in [-0.25, -0.2) is 4.39 Å². The second-order valence-electron chi connectivity index (χ2n) is 5.37. The highest BCUT2D eigenvalue weighted by atomic mass is 19.1. The lowest BCUT2D eigenvalue weighted by Crippen LogP contribution is -2.39. The summed E-state index contributed by atoms with van der Waals surface area (Å²) in [5, 5.41) is 2.87. The van der Waals surface area contributed by atoms with Crippen LogP contribution in [0.3, 0.4) is 0 Å². The maximum Gasteiger partial charge on any atom is 0.223 e. The smallest absolute Gasteiger partial charge is 0.223 e. The van der Waals surface area contributed by atoms with E-state index in [9.17, 15) is 14.0 Å². The van der Waals surface area contributed by atoms with E-state index < -0.39 is 0 Å². The Morgan fingerprint density at radius 2 is 1.77 bits per heavy atom. The Morgan fingerprint density at radius 3 is 2.27 bits per heavy atom. The lowest BCUT2D eigenvalue weighted by atomic mass is 10.0. The molecule has 122 valence electrons. The van der Waals surface area contributed by atoms with Crippen LogP contribution in [-0.4, -0.2) is 29.8 Å². The quantitative estimate of drug-likeness (QED) is 0.803. The minimum atomic E-state index is -0.296. The average Bonchev–Trinajstić information content (AvgIpc) is 2.49. The van der Waals surface area contributed by atoms with Gasteiger partial charge in [-0.1, -0.05) is 26.0 Å². The largest absolute Gasteiger partial charge is 0.354 e. The third-order valence-corrected chi connectivity index (χ3v) is 3.77. The molecule has 2 amide bonds. The Bertz CT molecular complexity index is 484. The van der Waals surface area contributed by atoms with Gasteiger partial charge in [0.15, 0.2) is 0 Å². The van der Waals surface area contributed by atoms with E-state index in [2.05, 4.69) is 5.32 Å². The van der Waals surface area contributed by atoms with E-state index in [-0.39, 0.29) is 23.5 Å². The van der Waals surface area contributed by atoms with Gasteiger partial charge < -0.3 is 10.2 Å². The Kier molecular flexibility index (Phi) is 7.57. The van der Waals surface area contributed by atoms with Gasteiger partial charge in [-0.05, 0) is 30.5 Å². The summed E-state index contributed by atoms with van der Waals surface area (Å²) in [6.07, 6.45) is 1.63. The molecule has 0 unspecified atom stereocenters. The van der Waals surface area contributed by atoms with Crippen LogP contribution < -0.4 is 5.32 Å². The van der Waals surface area contributed by atoms with E-state index >= 15 is 0 Å². The van der Waals surface area contributed by atoms with Crippen LogP contribution in [0, 0.1) is 11.7 Å².